The molecule has 1 fully saturated rings. The van der Waals surface area contributed by atoms with Gasteiger partial charge in [0.05, 0.1) is 20.8 Å². The van der Waals surface area contributed by atoms with Gasteiger partial charge in [-0.1, -0.05) is 18.2 Å². The third-order valence-corrected chi connectivity index (χ3v) is 6.36. The minimum atomic E-state index is -0.0890. The number of benzene rings is 2. The number of hydrogen-bond acceptors (Lipinski definition) is 5. The summed E-state index contributed by atoms with van der Waals surface area (Å²) in [7, 11) is 3.13. The summed E-state index contributed by atoms with van der Waals surface area (Å²) in [5.74, 6) is 1.19. The van der Waals surface area contributed by atoms with E-state index in [9.17, 15) is 9.59 Å². The fourth-order valence-corrected chi connectivity index (χ4v) is 4.47. The second-order valence-electron chi connectivity index (χ2n) is 8.57. The lowest BCUT2D eigenvalue weighted by atomic mass is 9.96. The summed E-state index contributed by atoms with van der Waals surface area (Å²) in [5.41, 5.74) is 2.99. The Hall–Kier alpha value is -3.52. The van der Waals surface area contributed by atoms with E-state index < -0.39 is 0 Å². The van der Waals surface area contributed by atoms with Gasteiger partial charge in [0, 0.05) is 41.3 Å². The van der Waals surface area contributed by atoms with Crippen molar-refractivity contribution in [3.8, 4) is 11.5 Å². The van der Waals surface area contributed by atoms with Gasteiger partial charge in [0.25, 0.3) is 0 Å². The highest BCUT2D eigenvalue weighted by atomic mass is 16.5. The van der Waals surface area contributed by atoms with E-state index in [1.165, 1.54) is 10.9 Å². The molecule has 0 spiro atoms. The number of aromatic nitrogens is 1. The smallest absolute Gasteiger partial charge is 0.238 e. The number of ether oxygens (including phenoxy) is 2. The second kappa shape index (κ2) is 11.1. The van der Waals surface area contributed by atoms with Crippen molar-refractivity contribution < 1.29 is 19.1 Å². The minimum absolute atomic E-state index is 0.00636. The van der Waals surface area contributed by atoms with Crippen molar-refractivity contribution >= 4 is 28.4 Å². The number of carbonyl (C=O) groups excluding carboxylic acids is 2. The first-order valence-corrected chi connectivity index (χ1v) is 11.6. The number of hydrogen-bond donors (Lipinski definition) is 3. The minimum Gasteiger partial charge on any atom is -0.493 e. The Morgan fingerprint density at radius 2 is 1.82 bits per heavy atom. The largest absolute Gasteiger partial charge is 0.493 e. The van der Waals surface area contributed by atoms with E-state index in [4.69, 9.17) is 9.47 Å². The van der Waals surface area contributed by atoms with E-state index in [1.807, 2.05) is 18.3 Å². The number of nitrogens with one attached hydrogen (secondary N) is 3. The summed E-state index contributed by atoms with van der Waals surface area (Å²) in [6.07, 6.45) is 4.32. The van der Waals surface area contributed by atoms with E-state index in [1.54, 1.807) is 32.4 Å². The second-order valence-corrected chi connectivity index (χ2v) is 8.57. The third kappa shape index (κ3) is 5.69. The number of fused-ring (bicyclic) bond motifs is 1. The van der Waals surface area contributed by atoms with Crippen LogP contribution < -0.4 is 20.1 Å². The summed E-state index contributed by atoms with van der Waals surface area (Å²) in [5, 5.41) is 7.20. The summed E-state index contributed by atoms with van der Waals surface area (Å²) in [6, 6.07) is 13.5. The fraction of sp³-hybridized carbons (Fsp3) is 0.385. The average molecular weight is 465 g/mol. The molecule has 34 heavy (non-hydrogen) atoms. The van der Waals surface area contributed by atoms with Gasteiger partial charge in [0.2, 0.25) is 11.8 Å². The lowest BCUT2D eigenvalue weighted by Crippen LogP contribution is -2.43. The van der Waals surface area contributed by atoms with Gasteiger partial charge in [-0.25, -0.2) is 0 Å². The van der Waals surface area contributed by atoms with Crippen molar-refractivity contribution in [2.45, 2.75) is 19.3 Å². The predicted molar refractivity (Wildman–Crippen MR) is 132 cm³/mol. The van der Waals surface area contributed by atoms with Crippen molar-refractivity contribution in [1.82, 2.24) is 15.2 Å². The van der Waals surface area contributed by atoms with Crippen LogP contribution in [-0.2, 0) is 16.0 Å². The number of rotatable bonds is 9. The number of amides is 2. The number of anilines is 1. The highest BCUT2D eigenvalue weighted by Gasteiger charge is 2.25. The van der Waals surface area contributed by atoms with Gasteiger partial charge in [0.1, 0.15) is 0 Å². The molecule has 4 rings (SSSR count). The van der Waals surface area contributed by atoms with Crippen molar-refractivity contribution in [1.29, 1.82) is 0 Å². The number of H-pyrrole nitrogens is 1. The van der Waals surface area contributed by atoms with Crippen molar-refractivity contribution in [3.63, 3.8) is 0 Å². The molecular formula is C26H32N4O4. The Kier molecular flexibility index (Phi) is 7.69. The van der Waals surface area contributed by atoms with Crippen molar-refractivity contribution in [3.05, 3.63) is 54.2 Å². The maximum Gasteiger partial charge on any atom is 0.238 e. The zero-order chi connectivity index (χ0) is 23.9. The Labute approximate surface area is 199 Å². The summed E-state index contributed by atoms with van der Waals surface area (Å²) >= 11 is 0. The van der Waals surface area contributed by atoms with Crippen LogP contribution in [0.3, 0.4) is 0 Å². The summed E-state index contributed by atoms with van der Waals surface area (Å²) < 4.78 is 10.5. The first kappa shape index (κ1) is 23.6. The Balaban J connectivity index is 1.18. The van der Waals surface area contributed by atoms with E-state index in [0.717, 1.165) is 37.9 Å². The molecule has 0 unspecified atom stereocenters. The maximum absolute atomic E-state index is 12.6. The van der Waals surface area contributed by atoms with Crippen LogP contribution in [0.4, 0.5) is 5.69 Å². The van der Waals surface area contributed by atoms with E-state index in [0.29, 0.717) is 30.3 Å². The number of para-hydroxylation sites is 1. The van der Waals surface area contributed by atoms with E-state index in [-0.39, 0.29) is 17.7 Å². The van der Waals surface area contributed by atoms with Crippen LogP contribution in [0.1, 0.15) is 18.4 Å². The summed E-state index contributed by atoms with van der Waals surface area (Å²) in [6.45, 7) is 2.36. The standard InChI is InChI=1S/C26H32N4O4/c1-33-23-8-7-20(15-24(23)34-2)29-25(31)17-30-13-10-18(11-14-30)26(32)27-12-9-19-16-28-22-6-4-3-5-21(19)22/h3-8,15-16,18,28H,9-14,17H2,1-2H3,(H,27,32)(H,29,31). The SMILES string of the molecule is COc1ccc(NC(=O)CN2CCC(C(=O)NCCc3c[nH]c4ccccc34)CC2)cc1OC. The number of piperidine rings is 1. The van der Waals surface area contributed by atoms with Gasteiger partial charge >= 0.3 is 0 Å². The number of carbonyl (C=O) groups is 2. The Morgan fingerprint density at radius 3 is 2.59 bits per heavy atom. The number of likely N-dealkylation sites (tertiary alicyclic amines) is 1. The first-order chi connectivity index (χ1) is 16.6. The number of aromatic amines is 1. The van der Waals surface area contributed by atoms with Gasteiger partial charge in [-0.3, -0.25) is 14.5 Å². The molecule has 0 radical (unpaired) electrons. The van der Waals surface area contributed by atoms with Gasteiger partial charge in [-0.2, -0.15) is 0 Å². The molecule has 0 aliphatic carbocycles. The zero-order valence-electron chi connectivity index (χ0n) is 19.7. The molecule has 3 aromatic rings. The van der Waals surface area contributed by atoms with Crippen LogP contribution in [0.2, 0.25) is 0 Å². The molecule has 2 amide bonds. The number of methoxy groups -OCH3 is 2. The normalized spacial score (nSPS) is 14.6. The molecule has 0 atom stereocenters. The topological polar surface area (TPSA) is 95.7 Å². The Morgan fingerprint density at radius 1 is 1.06 bits per heavy atom. The molecule has 1 saturated heterocycles. The highest BCUT2D eigenvalue weighted by Crippen LogP contribution is 2.29. The Bertz CT molecular complexity index is 1130. The van der Waals surface area contributed by atoms with Crippen LogP contribution in [0.25, 0.3) is 10.9 Å². The van der Waals surface area contributed by atoms with E-state index >= 15 is 0 Å². The maximum atomic E-state index is 12.6. The molecule has 1 aromatic heterocycles. The van der Waals surface area contributed by atoms with Crippen molar-refractivity contribution in [2.75, 3.05) is 45.7 Å². The lowest BCUT2D eigenvalue weighted by Gasteiger charge is -2.30. The molecular weight excluding hydrogens is 432 g/mol. The van der Waals surface area contributed by atoms with Crippen LogP contribution >= 0.6 is 0 Å². The lowest BCUT2D eigenvalue weighted by molar-refractivity contribution is -0.126. The monoisotopic (exact) mass is 464 g/mol. The number of nitrogens with zero attached hydrogens (tertiary/aromatic N) is 1. The molecule has 0 saturated carbocycles. The van der Waals surface area contributed by atoms with Crippen LogP contribution in [0.5, 0.6) is 11.5 Å². The van der Waals surface area contributed by atoms with Crippen molar-refractivity contribution in [2.24, 2.45) is 5.92 Å². The highest BCUT2D eigenvalue weighted by molar-refractivity contribution is 5.92. The molecule has 3 N–H and O–H groups in total. The summed E-state index contributed by atoms with van der Waals surface area (Å²) in [4.78, 5) is 30.5. The fourth-order valence-electron chi connectivity index (χ4n) is 4.47. The average Bonchev–Trinajstić information content (AvgIpc) is 3.27. The van der Waals surface area contributed by atoms with Gasteiger partial charge in [0.15, 0.2) is 11.5 Å². The third-order valence-electron chi connectivity index (χ3n) is 6.36. The zero-order valence-corrected chi connectivity index (χ0v) is 19.7. The molecule has 2 heterocycles. The van der Waals surface area contributed by atoms with Crippen LogP contribution in [-0.4, -0.2) is 62.1 Å². The van der Waals surface area contributed by atoms with E-state index in [2.05, 4.69) is 32.7 Å². The molecule has 8 heteroatoms. The molecule has 1 aliphatic heterocycles. The molecule has 8 nitrogen and oxygen atoms in total. The molecule has 2 aromatic carbocycles. The quantitative estimate of drug-likeness (QED) is 0.452. The predicted octanol–water partition coefficient (Wildman–Crippen LogP) is 3.19. The van der Waals surface area contributed by atoms with Gasteiger partial charge < -0.3 is 25.1 Å². The molecule has 180 valence electrons. The molecule has 0 bridgehead atoms. The first-order valence-electron chi connectivity index (χ1n) is 11.6. The van der Waals surface area contributed by atoms with Gasteiger partial charge in [-0.05, 0) is 56.1 Å². The molecule has 1 aliphatic rings. The van der Waals surface area contributed by atoms with Crippen LogP contribution in [0, 0.1) is 5.92 Å². The van der Waals surface area contributed by atoms with Gasteiger partial charge in [-0.15, -0.1) is 0 Å². The van der Waals surface area contributed by atoms with Crippen LogP contribution in [0.15, 0.2) is 48.7 Å².